The molecule has 0 nitrogen and oxygen atoms in total. The highest BCUT2D eigenvalue weighted by atomic mass is 19.2. The quantitative estimate of drug-likeness (QED) is 0.0575. The van der Waals surface area contributed by atoms with E-state index in [0.29, 0.717) is 75.0 Å². The fourth-order valence-electron chi connectivity index (χ4n) is 13.5. The Balaban J connectivity index is -0.000000137. The van der Waals surface area contributed by atoms with E-state index in [0.717, 1.165) is 83.5 Å². The summed E-state index contributed by atoms with van der Waals surface area (Å²) in [6.07, 6.45) is 17.6. The van der Waals surface area contributed by atoms with Gasteiger partial charge in [-0.25, -0.2) is 35.1 Å². The SMILES string of the molecule is CC(C)C(C)(F)C(C)C.CCC(C)(F)C(C(C)C)C(C)C.CCC(C)(F)C(C)(CC)CC.CCC(CC)C(C)(F)CC.CCCC(C)(F)C(C(C)C)C(C)C.CCCC(C)(F)C(C)(CC)CC.CCCC(C)(F)C(CC)CC.CCCC(C)(F)CCC. The van der Waals surface area contributed by atoms with Crippen molar-refractivity contribution in [3.8, 4) is 0 Å². The van der Waals surface area contributed by atoms with Gasteiger partial charge >= 0.3 is 0 Å². The summed E-state index contributed by atoms with van der Waals surface area (Å²) in [7, 11) is 0. The molecular formula is C79H166F8. The van der Waals surface area contributed by atoms with Crippen LogP contribution in [-0.4, -0.2) is 45.4 Å². The Kier molecular flexibility index (Phi) is 58.9. The molecular weight excluding hydrogens is 1100 g/mol. The lowest BCUT2D eigenvalue weighted by atomic mass is 9.70. The molecule has 0 spiro atoms. The van der Waals surface area contributed by atoms with Crippen LogP contribution < -0.4 is 0 Å². The summed E-state index contributed by atoms with van der Waals surface area (Å²) < 4.78 is 110. The minimum atomic E-state index is -1.00. The molecule has 0 amide bonds. The van der Waals surface area contributed by atoms with Gasteiger partial charge in [0.25, 0.3) is 0 Å². The summed E-state index contributed by atoms with van der Waals surface area (Å²) in [6, 6.07) is 0. The van der Waals surface area contributed by atoms with Crippen molar-refractivity contribution < 1.29 is 35.1 Å². The third kappa shape index (κ3) is 42.4. The molecule has 0 aliphatic carbocycles. The second kappa shape index (κ2) is 49.9. The van der Waals surface area contributed by atoms with Gasteiger partial charge in [-0.05, 0) is 192 Å². The standard InChI is InChI=1S/C12H25F.2C11H23F.2C10H21F.C9H19F.2C8H17F/c1-7-8-12(6,13)11(9(2)3)10(4)5;1-7-11(6,12)10(8(2)3)9(4)5;1-6-9-11(5,12)10(4,7-2)8-3;1-6-9(4,7-2)10(5,11)8-3;1-5-8-10(4,11)9(6-2)7-3;1-5-8(6-2)9(4,10)7-3;1-6(2)8(5,9)7(3)4;1-4-6-8(3,9)7-5-2/h9-11H,7-8H2,1-6H3;8-10H,7H2,1-6H3;6-9H2,1-5H3;6-8H2,1-5H3;9H,5-8H2,1-4H3;8H,5-7H2,1-4H3;6-7H,1-5H3;4-7H2,1-3H3. The molecule has 0 aromatic heterocycles. The molecule has 0 bridgehead atoms. The first kappa shape index (κ1) is 103. The highest BCUT2D eigenvalue weighted by Gasteiger charge is 2.43. The predicted octanol–water partition coefficient (Wildman–Crippen LogP) is 30.6. The smallest absolute Gasteiger partial charge is 0.113 e. The Morgan fingerprint density at radius 3 is 0.655 bits per heavy atom. The molecule has 0 rings (SSSR count). The highest BCUT2D eigenvalue weighted by molar-refractivity contribution is 4.92. The minimum Gasteiger partial charge on any atom is -0.244 e. The molecule has 0 N–H and O–H groups in total. The zero-order valence-corrected chi connectivity index (χ0v) is 66.6. The molecule has 8 heteroatoms. The Labute approximate surface area is 546 Å². The Hall–Kier alpha value is -0.560. The normalized spacial score (nSPS) is 16.4. The van der Waals surface area contributed by atoms with Gasteiger partial charge in [0.2, 0.25) is 0 Å². The van der Waals surface area contributed by atoms with Gasteiger partial charge in [-0.3, -0.25) is 0 Å². The van der Waals surface area contributed by atoms with Gasteiger partial charge in [0, 0.05) is 10.8 Å². The van der Waals surface area contributed by atoms with E-state index in [9.17, 15) is 35.1 Å². The zero-order chi connectivity index (χ0) is 71.6. The van der Waals surface area contributed by atoms with Gasteiger partial charge in [-0.2, -0.15) is 0 Å². The van der Waals surface area contributed by atoms with Gasteiger partial charge in [0.1, 0.15) is 45.4 Å². The average Bonchev–Trinajstić information content (AvgIpc) is 3.58. The largest absolute Gasteiger partial charge is 0.244 e. The summed E-state index contributed by atoms with van der Waals surface area (Å²) in [5.74, 6) is 2.84. The van der Waals surface area contributed by atoms with E-state index in [1.165, 1.54) is 0 Å². The third-order valence-electron chi connectivity index (χ3n) is 21.6. The maximum atomic E-state index is 14.3. The Bertz CT molecular complexity index is 1450. The van der Waals surface area contributed by atoms with Crippen molar-refractivity contribution in [3.63, 3.8) is 0 Å². The van der Waals surface area contributed by atoms with Gasteiger partial charge in [0.05, 0.1) is 0 Å². The molecule has 0 radical (unpaired) electrons. The van der Waals surface area contributed by atoms with Crippen molar-refractivity contribution in [2.75, 3.05) is 0 Å². The number of rotatable bonds is 33. The zero-order valence-electron chi connectivity index (χ0n) is 66.6. The van der Waals surface area contributed by atoms with Crippen molar-refractivity contribution >= 4 is 0 Å². The second-order valence-electron chi connectivity index (χ2n) is 30.8. The van der Waals surface area contributed by atoms with Crippen LogP contribution in [0.25, 0.3) is 0 Å². The molecule has 0 heterocycles. The van der Waals surface area contributed by atoms with E-state index < -0.39 is 45.4 Å². The van der Waals surface area contributed by atoms with Crippen molar-refractivity contribution in [2.24, 2.45) is 70.0 Å². The second-order valence-corrected chi connectivity index (χ2v) is 30.8. The summed E-state index contributed by atoms with van der Waals surface area (Å²) in [5.41, 5.74) is -8.03. The van der Waals surface area contributed by atoms with Crippen molar-refractivity contribution in [3.05, 3.63) is 0 Å². The molecule has 6 atom stereocenters. The third-order valence-corrected chi connectivity index (χ3v) is 21.6. The molecule has 6 unspecified atom stereocenters. The van der Waals surface area contributed by atoms with E-state index in [-0.39, 0.29) is 46.3 Å². The highest BCUT2D eigenvalue weighted by Crippen LogP contribution is 2.45. The summed E-state index contributed by atoms with van der Waals surface area (Å²) in [6.45, 7) is 75.0. The number of halogens is 8. The van der Waals surface area contributed by atoms with Crippen LogP contribution in [0.2, 0.25) is 0 Å². The lowest BCUT2D eigenvalue weighted by Gasteiger charge is -2.39. The molecule has 0 saturated heterocycles. The number of hydrogen-bond acceptors (Lipinski definition) is 0. The van der Waals surface area contributed by atoms with E-state index in [2.05, 4.69) is 125 Å². The fourth-order valence-corrected chi connectivity index (χ4v) is 13.5. The van der Waals surface area contributed by atoms with Crippen LogP contribution in [0.4, 0.5) is 35.1 Å². The van der Waals surface area contributed by atoms with E-state index in [1.54, 1.807) is 55.4 Å². The topological polar surface area (TPSA) is 0 Å². The van der Waals surface area contributed by atoms with Crippen molar-refractivity contribution in [1.82, 2.24) is 0 Å². The fraction of sp³-hybridized carbons (Fsp3) is 1.00. The predicted molar refractivity (Wildman–Crippen MR) is 383 cm³/mol. The van der Waals surface area contributed by atoms with Crippen molar-refractivity contribution in [1.29, 1.82) is 0 Å². The van der Waals surface area contributed by atoms with E-state index in [1.807, 2.05) is 83.1 Å². The lowest BCUT2D eigenvalue weighted by molar-refractivity contribution is 0.00460. The molecule has 0 aromatic carbocycles. The van der Waals surface area contributed by atoms with Crippen LogP contribution in [0.5, 0.6) is 0 Å². The number of alkyl halides is 8. The van der Waals surface area contributed by atoms with Crippen LogP contribution in [0.15, 0.2) is 0 Å². The van der Waals surface area contributed by atoms with Crippen LogP contribution >= 0.6 is 0 Å². The molecule has 0 aliphatic heterocycles. The van der Waals surface area contributed by atoms with Crippen molar-refractivity contribution in [2.45, 2.75) is 443 Å². The number of hydrogen-bond donors (Lipinski definition) is 0. The van der Waals surface area contributed by atoms with Gasteiger partial charge in [-0.1, -0.05) is 265 Å². The first-order valence-corrected chi connectivity index (χ1v) is 36.7. The van der Waals surface area contributed by atoms with Crippen LogP contribution in [-0.2, 0) is 0 Å². The van der Waals surface area contributed by atoms with Gasteiger partial charge in [-0.15, -0.1) is 0 Å². The van der Waals surface area contributed by atoms with E-state index >= 15 is 0 Å². The first-order chi connectivity index (χ1) is 39.2. The molecule has 0 aromatic rings. The van der Waals surface area contributed by atoms with Crippen LogP contribution in [0.1, 0.15) is 398 Å². The lowest BCUT2D eigenvalue weighted by Crippen LogP contribution is -2.39. The minimum absolute atomic E-state index is 0.123. The first-order valence-electron chi connectivity index (χ1n) is 36.7. The average molecular weight is 1270 g/mol. The molecule has 87 heavy (non-hydrogen) atoms. The van der Waals surface area contributed by atoms with Gasteiger partial charge in [0.15, 0.2) is 0 Å². The Morgan fingerprint density at radius 1 is 0.253 bits per heavy atom. The molecule has 0 saturated carbocycles. The maximum Gasteiger partial charge on any atom is 0.113 e. The van der Waals surface area contributed by atoms with Gasteiger partial charge < -0.3 is 0 Å². The van der Waals surface area contributed by atoms with Crippen LogP contribution in [0.3, 0.4) is 0 Å². The monoisotopic (exact) mass is 1270 g/mol. The van der Waals surface area contributed by atoms with E-state index in [4.69, 9.17) is 0 Å². The molecule has 538 valence electrons. The Morgan fingerprint density at radius 2 is 0.494 bits per heavy atom. The maximum absolute atomic E-state index is 14.3. The molecule has 0 fully saturated rings. The summed E-state index contributed by atoms with van der Waals surface area (Å²) in [5, 5.41) is 0. The summed E-state index contributed by atoms with van der Waals surface area (Å²) in [4.78, 5) is 0. The molecule has 0 aliphatic rings. The van der Waals surface area contributed by atoms with Crippen LogP contribution in [0, 0.1) is 70.0 Å². The summed E-state index contributed by atoms with van der Waals surface area (Å²) >= 11 is 0.